The van der Waals surface area contributed by atoms with Crippen molar-refractivity contribution in [2.75, 3.05) is 6.61 Å². The standard InChI is InChI=1S/C18H30O2/c1-6-10-13-18(5,14-11-7-2)15-20-17(19)16(9-4)12-8-3/h8-9,12H,3-4,6-7,10-11,13-15H2,1-2,5H3/b16-12+. The lowest BCUT2D eigenvalue weighted by molar-refractivity contribution is -0.142. The fourth-order valence-corrected chi connectivity index (χ4v) is 2.15. The average molecular weight is 278 g/mol. The van der Waals surface area contributed by atoms with Crippen LogP contribution >= 0.6 is 0 Å². The van der Waals surface area contributed by atoms with Gasteiger partial charge in [0.1, 0.15) is 0 Å². The van der Waals surface area contributed by atoms with Gasteiger partial charge in [-0.1, -0.05) is 71.8 Å². The highest BCUT2D eigenvalue weighted by atomic mass is 16.5. The van der Waals surface area contributed by atoms with Crippen LogP contribution < -0.4 is 0 Å². The molecule has 0 fully saturated rings. The van der Waals surface area contributed by atoms with Crippen LogP contribution in [0.25, 0.3) is 0 Å². The minimum atomic E-state index is -0.306. The van der Waals surface area contributed by atoms with Gasteiger partial charge in [-0.05, 0) is 18.9 Å². The number of allylic oxidation sites excluding steroid dienone is 2. The Balaban J connectivity index is 4.58. The summed E-state index contributed by atoms with van der Waals surface area (Å²) in [7, 11) is 0. The van der Waals surface area contributed by atoms with Crippen molar-refractivity contribution in [2.24, 2.45) is 5.41 Å². The molecule has 0 atom stereocenters. The second-order valence-corrected chi connectivity index (χ2v) is 5.66. The number of unbranched alkanes of at least 4 members (excludes halogenated alkanes) is 2. The summed E-state index contributed by atoms with van der Waals surface area (Å²) in [5, 5.41) is 0. The lowest BCUT2D eigenvalue weighted by Crippen LogP contribution is -2.25. The molecular weight excluding hydrogens is 248 g/mol. The summed E-state index contributed by atoms with van der Waals surface area (Å²) in [5.74, 6) is -0.306. The Hall–Kier alpha value is -1.31. The third kappa shape index (κ3) is 7.32. The monoisotopic (exact) mass is 278 g/mol. The molecule has 20 heavy (non-hydrogen) atoms. The Labute approximate surface area is 124 Å². The van der Waals surface area contributed by atoms with E-state index >= 15 is 0 Å². The first-order chi connectivity index (χ1) is 9.52. The van der Waals surface area contributed by atoms with Gasteiger partial charge in [0, 0.05) is 5.41 Å². The number of carbonyl (C=O) groups is 1. The first kappa shape index (κ1) is 18.7. The van der Waals surface area contributed by atoms with E-state index in [9.17, 15) is 4.79 Å². The molecule has 0 saturated carbocycles. The fraction of sp³-hybridized carbons (Fsp3) is 0.611. The Morgan fingerprint density at radius 3 is 2.10 bits per heavy atom. The molecule has 2 nitrogen and oxygen atoms in total. The molecule has 2 heteroatoms. The van der Waals surface area contributed by atoms with E-state index in [2.05, 4.69) is 33.9 Å². The molecule has 0 radical (unpaired) electrons. The van der Waals surface area contributed by atoms with Crippen LogP contribution in [0.1, 0.15) is 59.3 Å². The second-order valence-electron chi connectivity index (χ2n) is 5.66. The first-order valence-electron chi connectivity index (χ1n) is 7.65. The molecule has 0 aliphatic carbocycles. The zero-order valence-electron chi connectivity index (χ0n) is 13.4. The van der Waals surface area contributed by atoms with Crippen molar-refractivity contribution in [1.82, 2.24) is 0 Å². The number of hydrogen-bond donors (Lipinski definition) is 0. The molecule has 0 heterocycles. The quantitative estimate of drug-likeness (QED) is 0.294. The average Bonchev–Trinajstić information content (AvgIpc) is 2.46. The highest BCUT2D eigenvalue weighted by molar-refractivity contribution is 5.91. The van der Waals surface area contributed by atoms with Crippen LogP contribution in [0.15, 0.2) is 37.0 Å². The maximum absolute atomic E-state index is 11.9. The van der Waals surface area contributed by atoms with E-state index in [0.717, 1.165) is 12.8 Å². The topological polar surface area (TPSA) is 26.3 Å². The zero-order chi connectivity index (χ0) is 15.4. The number of esters is 1. The largest absolute Gasteiger partial charge is 0.462 e. The predicted molar refractivity (Wildman–Crippen MR) is 86.6 cm³/mol. The van der Waals surface area contributed by atoms with Gasteiger partial charge in [-0.2, -0.15) is 0 Å². The molecule has 0 bridgehead atoms. The van der Waals surface area contributed by atoms with Gasteiger partial charge in [0.05, 0.1) is 12.2 Å². The molecule has 0 aliphatic rings. The van der Waals surface area contributed by atoms with Crippen molar-refractivity contribution in [3.05, 3.63) is 37.0 Å². The highest BCUT2D eigenvalue weighted by Gasteiger charge is 2.25. The summed E-state index contributed by atoms with van der Waals surface area (Å²) < 4.78 is 5.48. The van der Waals surface area contributed by atoms with Crippen LogP contribution in [0, 0.1) is 5.41 Å². The number of hydrogen-bond acceptors (Lipinski definition) is 2. The summed E-state index contributed by atoms with van der Waals surface area (Å²) in [5.41, 5.74) is 0.552. The van der Waals surface area contributed by atoms with Crippen molar-refractivity contribution < 1.29 is 9.53 Å². The van der Waals surface area contributed by atoms with E-state index in [1.165, 1.54) is 31.8 Å². The van der Waals surface area contributed by atoms with E-state index in [0.29, 0.717) is 12.2 Å². The van der Waals surface area contributed by atoms with Crippen LogP contribution in [0.2, 0.25) is 0 Å². The highest BCUT2D eigenvalue weighted by Crippen LogP contribution is 2.31. The first-order valence-corrected chi connectivity index (χ1v) is 7.65. The number of carbonyl (C=O) groups excluding carboxylic acids is 1. The molecule has 0 rings (SSSR count). The van der Waals surface area contributed by atoms with Gasteiger partial charge in [0.15, 0.2) is 0 Å². The van der Waals surface area contributed by atoms with Crippen molar-refractivity contribution in [1.29, 1.82) is 0 Å². The predicted octanol–water partition coefficient (Wildman–Crippen LogP) is 5.21. The molecule has 0 aromatic heterocycles. The SMILES string of the molecule is C=C/C=C(\C=C)C(=O)OCC(C)(CCCC)CCCC. The molecule has 0 aromatic carbocycles. The van der Waals surface area contributed by atoms with Crippen LogP contribution in [0.5, 0.6) is 0 Å². The van der Waals surface area contributed by atoms with E-state index in [1.54, 1.807) is 12.2 Å². The lowest BCUT2D eigenvalue weighted by atomic mass is 9.81. The Bertz CT molecular complexity index is 331. The van der Waals surface area contributed by atoms with Gasteiger partial charge in [0.2, 0.25) is 0 Å². The molecule has 0 saturated heterocycles. The molecule has 114 valence electrons. The van der Waals surface area contributed by atoms with Crippen molar-refractivity contribution in [2.45, 2.75) is 59.3 Å². The summed E-state index contributed by atoms with van der Waals surface area (Å²) >= 11 is 0. The minimum Gasteiger partial charge on any atom is -0.462 e. The molecule has 0 amide bonds. The summed E-state index contributed by atoms with van der Waals surface area (Å²) in [6.45, 7) is 14.3. The van der Waals surface area contributed by atoms with Crippen LogP contribution in [0.4, 0.5) is 0 Å². The van der Waals surface area contributed by atoms with E-state index in [4.69, 9.17) is 4.74 Å². The number of rotatable bonds is 11. The maximum Gasteiger partial charge on any atom is 0.338 e. The third-order valence-corrected chi connectivity index (χ3v) is 3.57. The van der Waals surface area contributed by atoms with Crippen molar-refractivity contribution in [3.8, 4) is 0 Å². The van der Waals surface area contributed by atoms with Crippen LogP contribution in [-0.4, -0.2) is 12.6 Å². The van der Waals surface area contributed by atoms with E-state index in [1.807, 2.05) is 0 Å². The normalized spacial score (nSPS) is 12.1. The Morgan fingerprint density at radius 2 is 1.70 bits per heavy atom. The zero-order valence-corrected chi connectivity index (χ0v) is 13.4. The molecule has 0 N–H and O–H groups in total. The maximum atomic E-state index is 11.9. The Morgan fingerprint density at radius 1 is 1.15 bits per heavy atom. The van der Waals surface area contributed by atoms with Crippen molar-refractivity contribution in [3.63, 3.8) is 0 Å². The van der Waals surface area contributed by atoms with Crippen molar-refractivity contribution >= 4 is 5.97 Å². The third-order valence-electron chi connectivity index (χ3n) is 3.57. The summed E-state index contributed by atoms with van der Waals surface area (Å²) in [6.07, 6.45) is 11.6. The van der Waals surface area contributed by atoms with Gasteiger partial charge < -0.3 is 4.74 Å². The molecule has 0 aliphatic heterocycles. The van der Waals surface area contributed by atoms with E-state index < -0.39 is 0 Å². The minimum absolute atomic E-state index is 0.0855. The molecule has 0 aromatic rings. The molecule has 0 spiro atoms. The van der Waals surface area contributed by atoms with Gasteiger partial charge in [-0.25, -0.2) is 4.79 Å². The molecular formula is C18H30O2. The van der Waals surface area contributed by atoms with Gasteiger partial charge >= 0.3 is 5.97 Å². The van der Waals surface area contributed by atoms with Gasteiger partial charge in [0.25, 0.3) is 0 Å². The second kappa shape index (κ2) is 10.5. The van der Waals surface area contributed by atoms with Gasteiger partial charge in [-0.3, -0.25) is 0 Å². The van der Waals surface area contributed by atoms with E-state index in [-0.39, 0.29) is 11.4 Å². The Kier molecular flexibility index (Phi) is 9.79. The number of ether oxygens (including phenoxy) is 1. The summed E-state index contributed by atoms with van der Waals surface area (Å²) in [4.78, 5) is 11.9. The molecule has 0 unspecified atom stereocenters. The summed E-state index contributed by atoms with van der Waals surface area (Å²) in [6, 6.07) is 0. The van der Waals surface area contributed by atoms with Crippen LogP contribution in [0.3, 0.4) is 0 Å². The lowest BCUT2D eigenvalue weighted by Gasteiger charge is -2.29. The van der Waals surface area contributed by atoms with Crippen LogP contribution in [-0.2, 0) is 9.53 Å². The fourth-order valence-electron chi connectivity index (χ4n) is 2.15. The smallest absolute Gasteiger partial charge is 0.338 e. The van der Waals surface area contributed by atoms with Gasteiger partial charge in [-0.15, -0.1) is 0 Å².